The molecule has 16 heavy (non-hydrogen) atoms. The minimum atomic E-state index is -0.151. The fourth-order valence-corrected chi connectivity index (χ4v) is 1.44. The van der Waals surface area contributed by atoms with Crippen molar-refractivity contribution in [2.45, 2.75) is 33.7 Å². The molecule has 0 aliphatic heterocycles. The van der Waals surface area contributed by atoms with Gasteiger partial charge in [-0.05, 0) is 32.8 Å². The lowest BCUT2D eigenvalue weighted by atomic mass is 10.0. The van der Waals surface area contributed by atoms with Crippen LogP contribution in [0.4, 0.5) is 0 Å². The van der Waals surface area contributed by atoms with Crippen LogP contribution in [0.1, 0.15) is 35.7 Å². The second-order valence-corrected chi connectivity index (χ2v) is 4.25. The molecule has 0 spiro atoms. The van der Waals surface area contributed by atoms with Crippen molar-refractivity contribution < 1.29 is 14.3 Å². The molecule has 2 unspecified atom stereocenters. The Kier molecular flexibility index (Phi) is 4.12. The van der Waals surface area contributed by atoms with Gasteiger partial charge in [0.2, 0.25) is 0 Å². The summed E-state index contributed by atoms with van der Waals surface area (Å²) in [5, 5.41) is 11.8. The Balaban J connectivity index is 2.69. The molecule has 0 aromatic carbocycles. The fourth-order valence-electron chi connectivity index (χ4n) is 1.44. The van der Waals surface area contributed by atoms with E-state index in [-0.39, 0.29) is 24.5 Å². The van der Waals surface area contributed by atoms with E-state index in [1.165, 1.54) is 0 Å². The summed E-state index contributed by atoms with van der Waals surface area (Å²) in [6.07, 6.45) is 0. The highest BCUT2D eigenvalue weighted by atomic mass is 16.3. The first-order chi connectivity index (χ1) is 7.45. The van der Waals surface area contributed by atoms with E-state index in [0.29, 0.717) is 11.3 Å². The van der Waals surface area contributed by atoms with Gasteiger partial charge in [0.05, 0.1) is 5.56 Å². The highest BCUT2D eigenvalue weighted by molar-refractivity contribution is 5.95. The molecule has 90 valence electrons. The van der Waals surface area contributed by atoms with E-state index in [1.54, 1.807) is 13.0 Å². The lowest BCUT2D eigenvalue weighted by Gasteiger charge is -2.18. The Morgan fingerprint density at radius 3 is 2.56 bits per heavy atom. The Hall–Kier alpha value is -1.29. The molecule has 0 fully saturated rings. The molecule has 0 saturated carbocycles. The second kappa shape index (κ2) is 5.16. The fraction of sp³-hybridized carbons (Fsp3) is 0.583. The predicted molar refractivity (Wildman–Crippen MR) is 61.4 cm³/mol. The highest BCUT2D eigenvalue weighted by Crippen LogP contribution is 2.14. The van der Waals surface area contributed by atoms with Crippen LogP contribution in [0, 0.1) is 19.8 Å². The molecule has 0 aliphatic rings. The van der Waals surface area contributed by atoms with Crippen molar-refractivity contribution >= 4 is 5.91 Å². The zero-order valence-electron chi connectivity index (χ0n) is 10.2. The third-order valence-electron chi connectivity index (χ3n) is 2.79. The molecular formula is C12H19NO3. The molecule has 0 saturated heterocycles. The minimum absolute atomic E-state index is 0.0391. The van der Waals surface area contributed by atoms with Gasteiger partial charge >= 0.3 is 0 Å². The summed E-state index contributed by atoms with van der Waals surface area (Å²) in [4.78, 5) is 11.9. The summed E-state index contributed by atoms with van der Waals surface area (Å²) in [5.41, 5.74) is 0.564. The first-order valence-corrected chi connectivity index (χ1v) is 5.44. The topological polar surface area (TPSA) is 62.5 Å². The van der Waals surface area contributed by atoms with Crippen molar-refractivity contribution in [2.24, 2.45) is 5.92 Å². The molecule has 0 radical (unpaired) electrons. The summed E-state index contributed by atoms with van der Waals surface area (Å²) >= 11 is 0. The second-order valence-electron chi connectivity index (χ2n) is 4.25. The van der Waals surface area contributed by atoms with E-state index in [9.17, 15) is 4.79 Å². The Morgan fingerprint density at radius 1 is 1.50 bits per heavy atom. The lowest BCUT2D eigenvalue weighted by Crippen LogP contribution is -2.38. The number of nitrogens with one attached hydrogen (secondary N) is 1. The highest BCUT2D eigenvalue weighted by Gasteiger charge is 2.18. The molecule has 0 bridgehead atoms. The van der Waals surface area contributed by atoms with Crippen LogP contribution in [0.25, 0.3) is 0 Å². The Bertz CT molecular complexity index is 370. The molecule has 4 nitrogen and oxygen atoms in total. The van der Waals surface area contributed by atoms with Crippen LogP contribution in [-0.4, -0.2) is 23.7 Å². The van der Waals surface area contributed by atoms with Gasteiger partial charge in [0.25, 0.3) is 5.91 Å². The zero-order chi connectivity index (χ0) is 12.3. The molecule has 1 aromatic rings. The molecule has 0 aliphatic carbocycles. The number of amides is 1. The number of carbonyl (C=O) groups excluding carboxylic acids is 1. The van der Waals surface area contributed by atoms with E-state index in [4.69, 9.17) is 9.52 Å². The first-order valence-electron chi connectivity index (χ1n) is 5.44. The molecule has 4 heteroatoms. The van der Waals surface area contributed by atoms with Gasteiger partial charge in [-0.15, -0.1) is 0 Å². The maximum absolute atomic E-state index is 11.9. The Labute approximate surface area is 95.7 Å². The summed E-state index contributed by atoms with van der Waals surface area (Å²) in [5.74, 6) is 1.24. The maximum atomic E-state index is 11.9. The molecule has 1 amide bonds. The third-order valence-corrected chi connectivity index (χ3v) is 2.79. The van der Waals surface area contributed by atoms with Crippen molar-refractivity contribution in [3.05, 3.63) is 23.2 Å². The molecule has 1 aromatic heterocycles. The van der Waals surface area contributed by atoms with E-state index < -0.39 is 0 Å². The predicted octanol–water partition coefficient (Wildman–Crippen LogP) is 1.64. The van der Waals surface area contributed by atoms with Gasteiger partial charge in [0.1, 0.15) is 11.5 Å². The van der Waals surface area contributed by atoms with Crippen molar-refractivity contribution in [1.82, 2.24) is 5.32 Å². The zero-order valence-corrected chi connectivity index (χ0v) is 10.2. The number of hydrogen-bond acceptors (Lipinski definition) is 3. The number of aliphatic hydroxyl groups excluding tert-OH is 1. The standard InChI is InChI=1S/C12H19NO3/c1-7(6-14)9(3)13-12(15)11-5-8(2)16-10(11)4/h5,7,9,14H,6H2,1-4H3,(H,13,15). The summed E-state index contributed by atoms with van der Waals surface area (Å²) < 4.78 is 5.29. The molecule has 1 heterocycles. The number of carbonyl (C=O) groups is 1. The van der Waals surface area contributed by atoms with Crippen LogP contribution in [0.2, 0.25) is 0 Å². The van der Waals surface area contributed by atoms with Gasteiger partial charge in [0, 0.05) is 12.6 Å². The quantitative estimate of drug-likeness (QED) is 0.819. The SMILES string of the molecule is Cc1cc(C(=O)NC(C)C(C)CO)c(C)o1. The summed E-state index contributed by atoms with van der Waals surface area (Å²) in [6.45, 7) is 7.40. The van der Waals surface area contributed by atoms with Crippen LogP contribution in [0.3, 0.4) is 0 Å². The van der Waals surface area contributed by atoms with Gasteiger partial charge in [-0.3, -0.25) is 4.79 Å². The third kappa shape index (κ3) is 2.85. The van der Waals surface area contributed by atoms with Crippen LogP contribution in [-0.2, 0) is 0 Å². The molecular weight excluding hydrogens is 206 g/mol. The largest absolute Gasteiger partial charge is 0.466 e. The van der Waals surface area contributed by atoms with E-state index in [0.717, 1.165) is 5.76 Å². The smallest absolute Gasteiger partial charge is 0.255 e. The van der Waals surface area contributed by atoms with Crippen molar-refractivity contribution in [3.63, 3.8) is 0 Å². The van der Waals surface area contributed by atoms with E-state index in [2.05, 4.69) is 5.32 Å². The Morgan fingerprint density at radius 2 is 2.12 bits per heavy atom. The van der Waals surface area contributed by atoms with E-state index in [1.807, 2.05) is 20.8 Å². The lowest BCUT2D eigenvalue weighted by molar-refractivity contribution is 0.0915. The average Bonchev–Trinajstić information content (AvgIpc) is 2.56. The van der Waals surface area contributed by atoms with Crippen molar-refractivity contribution in [2.75, 3.05) is 6.61 Å². The van der Waals surface area contributed by atoms with Gasteiger partial charge in [-0.1, -0.05) is 6.92 Å². The van der Waals surface area contributed by atoms with Gasteiger partial charge in [-0.2, -0.15) is 0 Å². The molecule has 1 rings (SSSR count). The summed E-state index contributed by atoms with van der Waals surface area (Å²) in [6, 6.07) is 1.66. The van der Waals surface area contributed by atoms with Crippen LogP contribution in [0.15, 0.2) is 10.5 Å². The van der Waals surface area contributed by atoms with Crippen LogP contribution in [0.5, 0.6) is 0 Å². The maximum Gasteiger partial charge on any atom is 0.255 e. The van der Waals surface area contributed by atoms with Crippen LogP contribution < -0.4 is 5.32 Å². The minimum Gasteiger partial charge on any atom is -0.466 e. The number of furan rings is 1. The number of hydrogen-bond donors (Lipinski definition) is 2. The number of aryl methyl sites for hydroxylation is 2. The number of rotatable bonds is 4. The molecule has 2 atom stereocenters. The first kappa shape index (κ1) is 12.8. The summed E-state index contributed by atoms with van der Waals surface area (Å²) in [7, 11) is 0. The average molecular weight is 225 g/mol. The van der Waals surface area contributed by atoms with Gasteiger partial charge in [0.15, 0.2) is 0 Å². The number of aliphatic hydroxyl groups is 1. The van der Waals surface area contributed by atoms with Gasteiger partial charge < -0.3 is 14.8 Å². The molecule has 2 N–H and O–H groups in total. The van der Waals surface area contributed by atoms with Crippen molar-refractivity contribution in [1.29, 1.82) is 0 Å². The van der Waals surface area contributed by atoms with Crippen molar-refractivity contribution in [3.8, 4) is 0 Å². The van der Waals surface area contributed by atoms with Crippen LogP contribution >= 0.6 is 0 Å². The monoisotopic (exact) mass is 225 g/mol. The van der Waals surface area contributed by atoms with E-state index >= 15 is 0 Å². The normalized spacial score (nSPS) is 14.6. The van der Waals surface area contributed by atoms with Gasteiger partial charge in [-0.25, -0.2) is 0 Å².